The summed E-state index contributed by atoms with van der Waals surface area (Å²) in [6, 6.07) is 1.91. The fourth-order valence-electron chi connectivity index (χ4n) is 2.71. The number of carbonyl (C=O) groups is 1. The minimum Gasteiger partial charge on any atom is -0.352 e. The smallest absolute Gasteiger partial charge is 0.352 e. The van der Waals surface area contributed by atoms with Crippen molar-refractivity contribution in [2.75, 3.05) is 19.6 Å². The Bertz CT molecular complexity index is 614. The first-order valence-electron chi connectivity index (χ1n) is 7.63. The zero-order chi connectivity index (χ0) is 17.7. The molecule has 0 aliphatic carbocycles. The lowest BCUT2D eigenvalue weighted by Crippen LogP contribution is -2.33. The van der Waals surface area contributed by atoms with Crippen LogP contribution in [-0.4, -0.2) is 30.5 Å². The van der Waals surface area contributed by atoms with E-state index in [9.17, 15) is 28.1 Å². The molecule has 1 aliphatic rings. The highest BCUT2D eigenvalue weighted by atomic mass is 19.4. The number of alkyl halides is 3. The van der Waals surface area contributed by atoms with Crippen LogP contribution in [-0.2, 0) is 6.18 Å². The number of nitro groups is 1. The Morgan fingerprint density at radius 3 is 2.75 bits per heavy atom. The molecule has 2 rings (SSSR count). The number of nitrogens with one attached hydrogen (secondary N) is 2. The maximum atomic E-state index is 12.6. The summed E-state index contributed by atoms with van der Waals surface area (Å²) >= 11 is 0. The first-order valence-corrected chi connectivity index (χ1v) is 7.63. The van der Waals surface area contributed by atoms with Gasteiger partial charge in [0.2, 0.25) is 0 Å². The van der Waals surface area contributed by atoms with E-state index in [-0.39, 0.29) is 5.56 Å². The third-order valence-electron chi connectivity index (χ3n) is 4.00. The molecule has 1 atom stereocenters. The number of nitro benzene ring substituents is 1. The molecule has 0 bridgehead atoms. The molecule has 1 heterocycles. The van der Waals surface area contributed by atoms with Crippen molar-refractivity contribution in [2.45, 2.75) is 25.4 Å². The van der Waals surface area contributed by atoms with E-state index in [1.165, 1.54) is 0 Å². The SMILES string of the molecule is O=C(NCCC1CCCNC1)c1ccc(C(F)(F)F)cc1[N+](=O)[O-]. The molecule has 24 heavy (non-hydrogen) atoms. The summed E-state index contributed by atoms with van der Waals surface area (Å²) in [7, 11) is 0. The lowest BCUT2D eigenvalue weighted by molar-refractivity contribution is -0.385. The minimum atomic E-state index is -4.70. The maximum Gasteiger partial charge on any atom is 0.416 e. The lowest BCUT2D eigenvalue weighted by Gasteiger charge is -2.22. The van der Waals surface area contributed by atoms with Crippen LogP contribution in [0.5, 0.6) is 0 Å². The number of hydrogen-bond acceptors (Lipinski definition) is 4. The van der Waals surface area contributed by atoms with E-state index in [2.05, 4.69) is 10.6 Å². The van der Waals surface area contributed by atoms with Gasteiger partial charge in [-0.05, 0) is 50.4 Å². The highest BCUT2D eigenvalue weighted by Crippen LogP contribution is 2.33. The fraction of sp³-hybridized carbons (Fsp3) is 0.533. The van der Waals surface area contributed by atoms with Crippen LogP contribution in [0.3, 0.4) is 0 Å². The van der Waals surface area contributed by atoms with Gasteiger partial charge in [-0.25, -0.2) is 0 Å². The van der Waals surface area contributed by atoms with Crippen molar-refractivity contribution in [3.8, 4) is 0 Å². The summed E-state index contributed by atoms with van der Waals surface area (Å²) in [5.74, 6) is -0.319. The van der Waals surface area contributed by atoms with Crippen LogP contribution in [0.1, 0.15) is 35.2 Å². The number of carbonyl (C=O) groups excluding carboxylic acids is 1. The average molecular weight is 345 g/mol. The molecular weight excluding hydrogens is 327 g/mol. The fourth-order valence-corrected chi connectivity index (χ4v) is 2.71. The Morgan fingerprint density at radius 1 is 1.42 bits per heavy atom. The largest absolute Gasteiger partial charge is 0.416 e. The number of hydrogen-bond donors (Lipinski definition) is 2. The molecule has 1 saturated heterocycles. The molecule has 0 radical (unpaired) electrons. The predicted octanol–water partition coefficient (Wildman–Crippen LogP) is 2.73. The van der Waals surface area contributed by atoms with Crippen molar-refractivity contribution in [3.63, 3.8) is 0 Å². The topological polar surface area (TPSA) is 84.3 Å². The summed E-state index contributed by atoms with van der Waals surface area (Å²) < 4.78 is 37.9. The summed E-state index contributed by atoms with van der Waals surface area (Å²) in [6.07, 6.45) is -1.88. The summed E-state index contributed by atoms with van der Waals surface area (Å²) in [6.45, 7) is 2.15. The van der Waals surface area contributed by atoms with Gasteiger partial charge in [0.1, 0.15) is 5.56 Å². The van der Waals surface area contributed by atoms with Crippen LogP contribution < -0.4 is 10.6 Å². The lowest BCUT2D eigenvalue weighted by atomic mass is 9.96. The highest BCUT2D eigenvalue weighted by Gasteiger charge is 2.34. The summed E-state index contributed by atoms with van der Waals surface area (Å²) in [5.41, 5.74) is -2.37. The molecule has 0 saturated carbocycles. The average Bonchev–Trinajstić information content (AvgIpc) is 2.54. The van der Waals surface area contributed by atoms with Crippen molar-refractivity contribution in [2.24, 2.45) is 5.92 Å². The Hall–Kier alpha value is -2.16. The van der Waals surface area contributed by atoms with Crippen LogP contribution in [0.15, 0.2) is 18.2 Å². The van der Waals surface area contributed by atoms with Gasteiger partial charge >= 0.3 is 6.18 Å². The molecule has 9 heteroatoms. The predicted molar refractivity (Wildman–Crippen MR) is 80.6 cm³/mol. The standard InChI is InChI=1S/C15H18F3N3O3/c16-15(17,18)11-3-4-12(13(8-11)21(23)24)14(22)20-7-5-10-2-1-6-19-9-10/h3-4,8,10,19H,1-2,5-7,9H2,(H,20,22). The normalized spacial score (nSPS) is 18.2. The molecule has 0 aromatic heterocycles. The van der Waals surface area contributed by atoms with E-state index in [1.807, 2.05) is 0 Å². The molecule has 1 aromatic carbocycles. The van der Waals surface area contributed by atoms with Crippen molar-refractivity contribution < 1.29 is 22.9 Å². The Morgan fingerprint density at radius 2 is 2.17 bits per heavy atom. The van der Waals surface area contributed by atoms with Gasteiger partial charge in [-0.3, -0.25) is 14.9 Å². The molecule has 0 spiro atoms. The molecule has 1 aromatic rings. The zero-order valence-electron chi connectivity index (χ0n) is 12.9. The molecule has 1 aliphatic heterocycles. The summed E-state index contributed by atoms with van der Waals surface area (Å²) in [4.78, 5) is 22.1. The van der Waals surface area contributed by atoms with Gasteiger partial charge in [0.25, 0.3) is 11.6 Å². The van der Waals surface area contributed by atoms with Crippen molar-refractivity contribution in [1.82, 2.24) is 10.6 Å². The third-order valence-corrected chi connectivity index (χ3v) is 4.00. The Balaban J connectivity index is 2.03. The van der Waals surface area contributed by atoms with Gasteiger partial charge in [-0.15, -0.1) is 0 Å². The second-order valence-electron chi connectivity index (χ2n) is 5.74. The number of nitrogens with zero attached hydrogens (tertiary/aromatic N) is 1. The van der Waals surface area contributed by atoms with E-state index < -0.39 is 28.3 Å². The van der Waals surface area contributed by atoms with E-state index in [0.717, 1.165) is 32.0 Å². The van der Waals surface area contributed by atoms with E-state index in [0.29, 0.717) is 31.0 Å². The Labute approximate surface area is 136 Å². The molecule has 1 fully saturated rings. The quantitative estimate of drug-likeness (QED) is 0.635. The first kappa shape index (κ1) is 18.2. The zero-order valence-corrected chi connectivity index (χ0v) is 12.9. The number of rotatable bonds is 5. The van der Waals surface area contributed by atoms with Crippen molar-refractivity contribution in [3.05, 3.63) is 39.4 Å². The Kier molecular flexibility index (Phi) is 5.76. The van der Waals surface area contributed by atoms with Crippen LogP contribution >= 0.6 is 0 Å². The van der Waals surface area contributed by atoms with Crippen molar-refractivity contribution >= 4 is 11.6 Å². The number of piperidine rings is 1. The molecule has 6 nitrogen and oxygen atoms in total. The second-order valence-corrected chi connectivity index (χ2v) is 5.74. The molecule has 132 valence electrons. The molecule has 1 unspecified atom stereocenters. The minimum absolute atomic E-state index is 0.323. The van der Waals surface area contributed by atoms with Gasteiger partial charge in [-0.1, -0.05) is 0 Å². The van der Waals surface area contributed by atoms with Crippen LogP contribution in [0.4, 0.5) is 18.9 Å². The highest BCUT2D eigenvalue weighted by molar-refractivity contribution is 5.98. The van der Waals surface area contributed by atoms with Gasteiger partial charge in [0.15, 0.2) is 0 Å². The number of benzene rings is 1. The van der Waals surface area contributed by atoms with Crippen LogP contribution in [0.2, 0.25) is 0 Å². The second kappa shape index (κ2) is 7.61. The van der Waals surface area contributed by atoms with Crippen LogP contribution in [0, 0.1) is 16.0 Å². The van der Waals surface area contributed by atoms with Crippen molar-refractivity contribution in [1.29, 1.82) is 0 Å². The van der Waals surface area contributed by atoms with E-state index in [1.54, 1.807) is 0 Å². The third kappa shape index (κ3) is 4.67. The maximum absolute atomic E-state index is 12.6. The number of amides is 1. The number of halogens is 3. The van der Waals surface area contributed by atoms with E-state index in [4.69, 9.17) is 0 Å². The van der Waals surface area contributed by atoms with Gasteiger partial charge in [0.05, 0.1) is 10.5 Å². The molecule has 1 amide bonds. The van der Waals surface area contributed by atoms with Crippen LogP contribution in [0.25, 0.3) is 0 Å². The molecular formula is C15H18F3N3O3. The first-order chi connectivity index (χ1) is 11.3. The monoisotopic (exact) mass is 345 g/mol. The van der Waals surface area contributed by atoms with Gasteiger partial charge in [0, 0.05) is 12.6 Å². The molecule has 2 N–H and O–H groups in total. The van der Waals surface area contributed by atoms with Gasteiger partial charge < -0.3 is 10.6 Å². The van der Waals surface area contributed by atoms with E-state index >= 15 is 0 Å². The summed E-state index contributed by atoms with van der Waals surface area (Å²) in [5, 5.41) is 16.8. The van der Waals surface area contributed by atoms with Gasteiger partial charge in [-0.2, -0.15) is 13.2 Å².